The van der Waals surface area contributed by atoms with Gasteiger partial charge >= 0.3 is 5.97 Å². The van der Waals surface area contributed by atoms with Gasteiger partial charge in [-0.3, -0.25) is 0 Å². The maximum atomic E-state index is 13.0. The molecule has 0 spiro atoms. The Kier molecular flexibility index (Phi) is 4.62. The van der Waals surface area contributed by atoms with Crippen molar-refractivity contribution >= 4 is 17.3 Å². The molecule has 151 valence electrons. The molecule has 4 bridgehead atoms. The van der Waals surface area contributed by atoms with Gasteiger partial charge in [0.2, 0.25) is 0 Å². The predicted molar refractivity (Wildman–Crippen MR) is 115 cm³/mol. The van der Waals surface area contributed by atoms with Crippen molar-refractivity contribution in [3.05, 3.63) is 59.2 Å². The van der Waals surface area contributed by atoms with Crippen LogP contribution in [0.3, 0.4) is 0 Å². The summed E-state index contributed by atoms with van der Waals surface area (Å²) in [6.07, 6.45) is 7.56. The summed E-state index contributed by atoms with van der Waals surface area (Å²) < 4.78 is 0. The Morgan fingerprint density at radius 2 is 1.52 bits per heavy atom. The fraction of sp³-hybridized carbons (Fsp3) is 0.480. The minimum Gasteiger partial charge on any atom is -0.354 e. The molecule has 4 nitrogen and oxygen atoms in total. The first-order valence-corrected chi connectivity index (χ1v) is 10.9. The molecule has 0 heterocycles. The number of benzene rings is 2. The minimum atomic E-state index is -0.311. The van der Waals surface area contributed by atoms with Gasteiger partial charge in [-0.25, -0.2) is 0 Å². The monoisotopic (exact) mass is 390 g/mol. The van der Waals surface area contributed by atoms with Crippen LogP contribution in [-0.2, 0) is 4.84 Å². The number of carbonyl (C=O) groups excluding carboxylic acids is 1. The van der Waals surface area contributed by atoms with Gasteiger partial charge in [0, 0.05) is 5.69 Å². The number of para-hydroxylation sites is 1. The number of hydrogen-bond acceptors (Lipinski definition) is 4. The van der Waals surface area contributed by atoms with Gasteiger partial charge in [-0.05, 0) is 105 Å². The summed E-state index contributed by atoms with van der Waals surface area (Å²) in [5.41, 5.74) is 8.01. The van der Waals surface area contributed by atoms with E-state index in [2.05, 4.69) is 30.7 Å². The van der Waals surface area contributed by atoms with Gasteiger partial charge in [0.15, 0.2) is 5.56 Å². The molecular weight excluding hydrogens is 360 g/mol. The van der Waals surface area contributed by atoms with Crippen LogP contribution in [0.4, 0.5) is 11.4 Å². The molecule has 0 aromatic heterocycles. The van der Waals surface area contributed by atoms with Crippen molar-refractivity contribution in [3.8, 4) is 0 Å². The first-order valence-electron chi connectivity index (χ1n) is 10.9. The molecule has 2 N–H and O–H groups in total. The SMILES string of the molecule is Cc1cccc(Nc2ccccc2C(=[O+])ONC23CC4CC(CC(C4)C2)C3)c1C. The summed E-state index contributed by atoms with van der Waals surface area (Å²) in [6.45, 7) is 4.18. The van der Waals surface area contributed by atoms with Gasteiger partial charge in [-0.1, -0.05) is 24.3 Å². The third-order valence-corrected chi connectivity index (χ3v) is 7.42. The van der Waals surface area contributed by atoms with Gasteiger partial charge in [0.1, 0.15) is 0 Å². The number of carbonyl (C=O) groups is 1. The Morgan fingerprint density at radius 1 is 0.897 bits per heavy atom. The Balaban J connectivity index is 1.31. The zero-order valence-corrected chi connectivity index (χ0v) is 17.3. The molecule has 2 aromatic carbocycles. The fourth-order valence-electron chi connectivity index (χ4n) is 6.25. The Labute approximate surface area is 173 Å². The Hall–Kier alpha value is -2.33. The van der Waals surface area contributed by atoms with E-state index in [1.165, 1.54) is 30.4 Å². The number of nitrogens with one attached hydrogen (secondary N) is 2. The topological polar surface area (TPSA) is 53.2 Å². The molecule has 4 heteroatoms. The molecule has 0 aliphatic heterocycles. The summed E-state index contributed by atoms with van der Waals surface area (Å²) in [5, 5.41) is 3.43. The van der Waals surface area contributed by atoms with E-state index in [0.29, 0.717) is 5.56 Å². The van der Waals surface area contributed by atoms with E-state index in [4.69, 9.17) is 4.84 Å². The summed E-state index contributed by atoms with van der Waals surface area (Å²) in [4.78, 5) is 18.7. The molecule has 0 saturated heterocycles. The molecule has 4 fully saturated rings. The van der Waals surface area contributed by atoms with E-state index in [-0.39, 0.29) is 11.5 Å². The van der Waals surface area contributed by atoms with E-state index < -0.39 is 0 Å². The zero-order chi connectivity index (χ0) is 20.0. The van der Waals surface area contributed by atoms with Crippen molar-refractivity contribution in [2.75, 3.05) is 5.32 Å². The van der Waals surface area contributed by atoms with Gasteiger partial charge in [-0.2, -0.15) is 4.84 Å². The average Bonchev–Trinajstić information content (AvgIpc) is 2.69. The van der Waals surface area contributed by atoms with E-state index >= 15 is 0 Å². The molecule has 0 unspecified atom stereocenters. The van der Waals surface area contributed by atoms with E-state index in [1.807, 2.05) is 36.4 Å². The smallest absolute Gasteiger partial charge is 0.354 e. The number of anilines is 2. The van der Waals surface area contributed by atoms with Crippen LogP contribution in [0.25, 0.3) is 0 Å². The van der Waals surface area contributed by atoms with E-state index in [1.54, 1.807) is 0 Å². The van der Waals surface area contributed by atoms with Crippen molar-refractivity contribution in [1.29, 1.82) is 0 Å². The highest BCUT2D eigenvalue weighted by atomic mass is 16.7. The van der Waals surface area contributed by atoms with Crippen LogP contribution in [0.1, 0.15) is 60.0 Å². The standard InChI is InChI=1S/C25H30N2O2/c1-16-6-5-9-22(17(16)2)26-23-8-4-3-7-21(23)24(28)29-27-25-13-18-10-19(14-25)12-20(11-18)15-25/h3-9,18-20,26-27H,10-15H2,1-2H3/q+1. The maximum absolute atomic E-state index is 13.0. The zero-order valence-electron chi connectivity index (χ0n) is 17.3. The van der Waals surface area contributed by atoms with Crippen LogP contribution in [0.2, 0.25) is 0 Å². The number of hydroxylamine groups is 1. The molecule has 4 saturated carbocycles. The van der Waals surface area contributed by atoms with Gasteiger partial charge in [0.25, 0.3) is 0 Å². The molecule has 4 aliphatic rings. The summed E-state index contributed by atoms with van der Waals surface area (Å²) >= 11 is 0. The molecule has 0 atom stereocenters. The van der Waals surface area contributed by atoms with Crippen molar-refractivity contribution in [2.24, 2.45) is 17.8 Å². The molecule has 6 rings (SSSR count). The number of hydrogen-bond donors (Lipinski definition) is 2. The van der Waals surface area contributed by atoms with Crippen LogP contribution in [0.5, 0.6) is 0 Å². The van der Waals surface area contributed by atoms with E-state index in [9.17, 15) is 4.79 Å². The highest BCUT2D eigenvalue weighted by molar-refractivity contribution is 5.96. The summed E-state index contributed by atoms with van der Waals surface area (Å²) in [5.74, 6) is 2.12. The normalized spacial score (nSPS) is 29.7. The van der Waals surface area contributed by atoms with E-state index in [0.717, 1.165) is 48.4 Å². The van der Waals surface area contributed by atoms with Crippen molar-refractivity contribution < 1.29 is 9.63 Å². The molecular formula is C25H30N2O2+. The lowest BCUT2D eigenvalue weighted by molar-refractivity contribution is -0.0880. The fourth-order valence-corrected chi connectivity index (χ4v) is 6.25. The third-order valence-electron chi connectivity index (χ3n) is 7.42. The second-order valence-corrected chi connectivity index (χ2v) is 9.61. The summed E-state index contributed by atoms with van der Waals surface area (Å²) in [7, 11) is 0. The van der Waals surface area contributed by atoms with Crippen molar-refractivity contribution in [3.63, 3.8) is 0 Å². The Morgan fingerprint density at radius 3 is 2.21 bits per heavy atom. The first kappa shape index (κ1) is 18.7. The number of aryl methyl sites for hydroxylation is 1. The lowest BCUT2D eigenvalue weighted by Crippen LogP contribution is -2.58. The third kappa shape index (κ3) is 3.55. The number of rotatable bonds is 5. The Bertz CT molecular complexity index is 901. The van der Waals surface area contributed by atoms with Crippen LogP contribution in [0, 0.1) is 31.6 Å². The molecule has 4 aliphatic carbocycles. The lowest BCUT2D eigenvalue weighted by atomic mass is 9.53. The van der Waals surface area contributed by atoms with Gasteiger partial charge in [-0.15, -0.1) is 0 Å². The predicted octanol–water partition coefficient (Wildman–Crippen LogP) is 5.68. The maximum Gasteiger partial charge on any atom is 0.633 e. The second kappa shape index (κ2) is 7.17. The molecule has 0 amide bonds. The minimum absolute atomic E-state index is 0.0000868. The summed E-state index contributed by atoms with van der Waals surface area (Å²) in [6, 6.07) is 13.8. The lowest BCUT2D eigenvalue weighted by Gasteiger charge is -2.54. The highest BCUT2D eigenvalue weighted by Crippen LogP contribution is 2.55. The molecule has 29 heavy (non-hydrogen) atoms. The average molecular weight is 391 g/mol. The van der Waals surface area contributed by atoms with Crippen LogP contribution in [-0.4, -0.2) is 11.5 Å². The van der Waals surface area contributed by atoms with Crippen LogP contribution >= 0.6 is 0 Å². The quantitative estimate of drug-likeness (QED) is 0.510. The van der Waals surface area contributed by atoms with Crippen LogP contribution in [0.15, 0.2) is 42.5 Å². The van der Waals surface area contributed by atoms with Gasteiger partial charge < -0.3 is 5.32 Å². The largest absolute Gasteiger partial charge is 0.633 e. The van der Waals surface area contributed by atoms with Crippen LogP contribution < -0.4 is 10.8 Å². The van der Waals surface area contributed by atoms with Crippen molar-refractivity contribution in [2.45, 2.75) is 57.9 Å². The first-order chi connectivity index (χ1) is 14.0. The van der Waals surface area contributed by atoms with Crippen molar-refractivity contribution in [1.82, 2.24) is 5.48 Å². The molecule has 1 radical (unpaired) electrons. The second-order valence-electron chi connectivity index (χ2n) is 9.61. The molecule has 2 aromatic rings. The highest BCUT2D eigenvalue weighted by Gasteiger charge is 2.53. The van der Waals surface area contributed by atoms with Gasteiger partial charge in [0.05, 0.1) is 16.0 Å².